The SMILES string of the molecule is CCN(C(C)CN(C)C)C1CC(C)CCC1C#N. The molecule has 1 aliphatic rings. The smallest absolute Gasteiger partial charge is 0.0672 e. The number of hydrogen-bond donors (Lipinski definition) is 0. The molecule has 0 bridgehead atoms. The molecule has 104 valence electrons. The van der Waals surface area contributed by atoms with Gasteiger partial charge in [-0.3, -0.25) is 4.90 Å². The zero-order chi connectivity index (χ0) is 13.7. The van der Waals surface area contributed by atoms with Crippen molar-refractivity contribution in [2.75, 3.05) is 27.2 Å². The van der Waals surface area contributed by atoms with Crippen LogP contribution in [0.3, 0.4) is 0 Å². The lowest BCUT2D eigenvalue weighted by Crippen LogP contribution is -2.50. The molecule has 0 aromatic heterocycles. The van der Waals surface area contributed by atoms with Gasteiger partial charge in [0.25, 0.3) is 0 Å². The quantitative estimate of drug-likeness (QED) is 0.752. The molecule has 1 saturated carbocycles. The monoisotopic (exact) mass is 251 g/mol. The van der Waals surface area contributed by atoms with Crippen LogP contribution in [0.5, 0.6) is 0 Å². The standard InChI is InChI=1S/C15H29N3/c1-6-18(13(3)11-17(4)5)15-9-12(2)7-8-14(15)10-16/h12-15H,6-9,11H2,1-5H3. The van der Waals surface area contributed by atoms with Crippen LogP contribution in [0.1, 0.15) is 40.0 Å². The van der Waals surface area contributed by atoms with Crippen molar-refractivity contribution >= 4 is 0 Å². The molecule has 1 rings (SSSR count). The van der Waals surface area contributed by atoms with E-state index < -0.39 is 0 Å². The van der Waals surface area contributed by atoms with Gasteiger partial charge in [0.15, 0.2) is 0 Å². The third kappa shape index (κ3) is 3.96. The van der Waals surface area contributed by atoms with Gasteiger partial charge in [-0.15, -0.1) is 0 Å². The first-order valence-electron chi connectivity index (χ1n) is 7.29. The average molecular weight is 251 g/mol. The molecule has 0 saturated heterocycles. The molecule has 1 fully saturated rings. The van der Waals surface area contributed by atoms with Gasteiger partial charge in [-0.1, -0.05) is 13.8 Å². The Bertz CT molecular complexity index is 282. The van der Waals surface area contributed by atoms with Crippen LogP contribution in [0.15, 0.2) is 0 Å². The highest BCUT2D eigenvalue weighted by Gasteiger charge is 2.34. The van der Waals surface area contributed by atoms with Crippen molar-refractivity contribution in [2.45, 2.75) is 52.1 Å². The summed E-state index contributed by atoms with van der Waals surface area (Å²) in [6.45, 7) is 8.95. The molecule has 18 heavy (non-hydrogen) atoms. The molecule has 0 aromatic carbocycles. The Morgan fingerprint density at radius 1 is 1.33 bits per heavy atom. The second-order valence-corrected chi connectivity index (χ2v) is 6.16. The first-order chi connectivity index (χ1) is 8.49. The number of hydrogen-bond acceptors (Lipinski definition) is 3. The summed E-state index contributed by atoms with van der Waals surface area (Å²) in [5, 5.41) is 9.37. The first-order valence-corrected chi connectivity index (χ1v) is 7.29. The van der Waals surface area contributed by atoms with Gasteiger partial charge in [-0.2, -0.15) is 5.26 Å². The van der Waals surface area contributed by atoms with Crippen LogP contribution < -0.4 is 0 Å². The van der Waals surface area contributed by atoms with E-state index in [1.807, 2.05) is 0 Å². The minimum atomic E-state index is 0.228. The van der Waals surface area contributed by atoms with Gasteiger partial charge in [0, 0.05) is 18.6 Å². The largest absolute Gasteiger partial charge is 0.308 e. The first kappa shape index (κ1) is 15.5. The summed E-state index contributed by atoms with van der Waals surface area (Å²) in [5.41, 5.74) is 0. The third-order valence-corrected chi connectivity index (χ3v) is 4.23. The van der Waals surface area contributed by atoms with E-state index in [2.05, 4.69) is 50.7 Å². The summed E-state index contributed by atoms with van der Waals surface area (Å²) in [5.74, 6) is 0.992. The second kappa shape index (κ2) is 7.11. The molecule has 0 radical (unpaired) electrons. The van der Waals surface area contributed by atoms with Crippen molar-refractivity contribution in [2.24, 2.45) is 11.8 Å². The molecular weight excluding hydrogens is 222 g/mol. The lowest BCUT2D eigenvalue weighted by Gasteiger charge is -2.42. The highest BCUT2D eigenvalue weighted by atomic mass is 15.2. The molecule has 4 unspecified atom stereocenters. The van der Waals surface area contributed by atoms with Crippen LogP contribution in [0, 0.1) is 23.2 Å². The maximum atomic E-state index is 9.37. The van der Waals surface area contributed by atoms with Crippen LogP contribution in [-0.4, -0.2) is 49.1 Å². The van der Waals surface area contributed by atoms with Crippen LogP contribution in [-0.2, 0) is 0 Å². The van der Waals surface area contributed by atoms with Crippen molar-refractivity contribution in [3.63, 3.8) is 0 Å². The van der Waals surface area contributed by atoms with Gasteiger partial charge in [0.2, 0.25) is 0 Å². The highest BCUT2D eigenvalue weighted by molar-refractivity contribution is 4.98. The Hall–Kier alpha value is -0.590. The van der Waals surface area contributed by atoms with Crippen LogP contribution in [0.25, 0.3) is 0 Å². The fourth-order valence-electron chi connectivity index (χ4n) is 3.37. The van der Waals surface area contributed by atoms with E-state index in [0.717, 1.165) is 25.4 Å². The average Bonchev–Trinajstić information content (AvgIpc) is 2.29. The maximum absolute atomic E-state index is 9.37. The Morgan fingerprint density at radius 3 is 2.50 bits per heavy atom. The summed E-state index contributed by atoms with van der Waals surface area (Å²) in [7, 11) is 4.24. The Labute approximate surface area is 113 Å². The van der Waals surface area contributed by atoms with Gasteiger partial charge in [0.05, 0.1) is 12.0 Å². The van der Waals surface area contributed by atoms with Gasteiger partial charge in [0.1, 0.15) is 0 Å². The topological polar surface area (TPSA) is 30.3 Å². The van der Waals surface area contributed by atoms with E-state index in [4.69, 9.17) is 0 Å². The van der Waals surface area contributed by atoms with Crippen molar-refractivity contribution in [1.29, 1.82) is 5.26 Å². The van der Waals surface area contributed by atoms with Gasteiger partial charge >= 0.3 is 0 Å². The fraction of sp³-hybridized carbons (Fsp3) is 0.933. The highest BCUT2D eigenvalue weighted by Crippen LogP contribution is 2.32. The third-order valence-electron chi connectivity index (χ3n) is 4.23. The summed E-state index contributed by atoms with van der Waals surface area (Å²) in [6, 6.07) is 3.52. The maximum Gasteiger partial charge on any atom is 0.0672 e. The molecule has 0 amide bonds. The molecule has 3 nitrogen and oxygen atoms in total. The molecule has 4 atom stereocenters. The van der Waals surface area contributed by atoms with E-state index in [1.54, 1.807) is 0 Å². The van der Waals surface area contributed by atoms with Crippen molar-refractivity contribution in [1.82, 2.24) is 9.80 Å². The number of likely N-dealkylation sites (N-methyl/N-ethyl adjacent to an activating group) is 2. The lowest BCUT2D eigenvalue weighted by molar-refractivity contribution is 0.0655. The zero-order valence-electron chi connectivity index (χ0n) is 12.7. The molecule has 0 heterocycles. The summed E-state index contributed by atoms with van der Waals surface area (Å²) in [4.78, 5) is 4.78. The number of nitrogens with zero attached hydrogens (tertiary/aromatic N) is 3. The van der Waals surface area contributed by atoms with E-state index in [1.165, 1.54) is 12.8 Å². The van der Waals surface area contributed by atoms with Gasteiger partial charge in [-0.25, -0.2) is 0 Å². The molecule has 3 heteroatoms. The number of rotatable bonds is 5. The molecule has 0 aliphatic heterocycles. The molecule has 0 spiro atoms. The minimum Gasteiger partial charge on any atom is -0.308 e. The van der Waals surface area contributed by atoms with Crippen molar-refractivity contribution in [3.05, 3.63) is 0 Å². The van der Waals surface area contributed by atoms with Crippen molar-refractivity contribution < 1.29 is 0 Å². The zero-order valence-corrected chi connectivity index (χ0v) is 12.7. The summed E-state index contributed by atoms with van der Waals surface area (Å²) < 4.78 is 0. The predicted octanol–water partition coefficient (Wildman–Crippen LogP) is 2.59. The van der Waals surface area contributed by atoms with Gasteiger partial charge in [-0.05, 0) is 52.7 Å². The van der Waals surface area contributed by atoms with Crippen LogP contribution in [0.4, 0.5) is 0 Å². The van der Waals surface area contributed by atoms with E-state index >= 15 is 0 Å². The second-order valence-electron chi connectivity index (χ2n) is 6.16. The Kier molecular flexibility index (Phi) is 6.11. The van der Waals surface area contributed by atoms with Crippen LogP contribution in [0.2, 0.25) is 0 Å². The predicted molar refractivity (Wildman–Crippen MR) is 76.3 cm³/mol. The Morgan fingerprint density at radius 2 is 2.00 bits per heavy atom. The fourth-order valence-corrected chi connectivity index (χ4v) is 3.37. The minimum absolute atomic E-state index is 0.228. The summed E-state index contributed by atoms with van der Waals surface area (Å²) >= 11 is 0. The molecule has 0 aromatic rings. The van der Waals surface area contributed by atoms with Crippen molar-refractivity contribution in [3.8, 4) is 6.07 Å². The van der Waals surface area contributed by atoms with E-state index in [0.29, 0.717) is 12.1 Å². The van der Waals surface area contributed by atoms with E-state index in [-0.39, 0.29) is 5.92 Å². The molecular formula is C15H29N3. The van der Waals surface area contributed by atoms with Crippen LogP contribution >= 0.6 is 0 Å². The lowest BCUT2D eigenvalue weighted by atomic mass is 9.78. The molecule has 0 N–H and O–H groups in total. The Balaban J connectivity index is 2.74. The molecule has 1 aliphatic carbocycles. The van der Waals surface area contributed by atoms with Gasteiger partial charge < -0.3 is 4.90 Å². The normalized spacial score (nSPS) is 30.4. The van der Waals surface area contributed by atoms with E-state index in [9.17, 15) is 5.26 Å². The number of nitriles is 1. The summed E-state index contributed by atoms with van der Waals surface area (Å²) in [6.07, 6.45) is 3.48.